The maximum atomic E-state index is 10.9. The molecule has 5 atom stereocenters. The van der Waals surface area contributed by atoms with Gasteiger partial charge in [0.2, 0.25) is 5.79 Å². The van der Waals surface area contributed by atoms with Gasteiger partial charge < -0.3 is 38.8 Å². The molecule has 4 aliphatic heterocycles. The third kappa shape index (κ3) is 6.79. The average Bonchev–Trinajstić information content (AvgIpc) is 3.70. The molecule has 0 spiro atoms. The van der Waals surface area contributed by atoms with E-state index < -0.39 is 29.7 Å². The lowest BCUT2D eigenvalue weighted by molar-refractivity contribution is -0.288. The van der Waals surface area contributed by atoms with Gasteiger partial charge in [-0.3, -0.25) is 4.90 Å². The number of nitrogens with zero attached hydrogens (tertiary/aromatic N) is 4. The largest absolute Gasteiger partial charge is 0.492 e. The molecule has 0 amide bonds. The minimum absolute atomic E-state index is 0.247. The van der Waals surface area contributed by atoms with Gasteiger partial charge in [0.15, 0.2) is 17.8 Å². The highest BCUT2D eigenvalue weighted by atomic mass is 16.9. The number of likely N-dealkylation sites (tertiary alicyclic amines) is 1. The highest BCUT2D eigenvalue weighted by molar-refractivity contribution is 5.64. The molecular weight excluding hydrogens is 590 g/mol. The van der Waals surface area contributed by atoms with Gasteiger partial charge in [0, 0.05) is 23.4 Å². The molecule has 0 saturated carbocycles. The molecule has 5 heterocycles. The summed E-state index contributed by atoms with van der Waals surface area (Å²) in [6, 6.07) is 15.3. The van der Waals surface area contributed by atoms with E-state index in [1.807, 2.05) is 82.4 Å². The van der Waals surface area contributed by atoms with E-state index in [0.717, 1.165) is 42.2 Å². The number of fused-ring (bicyclic) bond motifs is 3. The molecule has 4 aliphatic rings. The lowest BCUT2D eigenvalue weighted by Gasteiger charge is -2.40. The second kappa shape index (κ2) is 12.5. The number of hydrogen-bond donors (Lipinski definition) is 2. The monoisotopic (exact) mass is 635 g/mol. The van der Waals surface area contributed by atoms with Gasteiger partial charge in [0.25, 0.3) is 0 Å². The summed E-state index contributed by atoms with van der Waals surface area (Å²) in [5.41, 5.74) is 3.00. The molecule has 12 heteroatoms. The zero-order chi connectivity index (χ0) is 31.9. The van der Waals surface area contributed by atoms with Crippen LogP contribution >= 0.6 is 0 Å². The number of aromatic nitrogens is 3. The second-order valence-corrected chi connectivity index (χ2v) is 13.6. The quantitative estimate of drug-likeness (QED) is 0.310. The van der Waals surface area contributed by atoms with E-state index in [4.69, 9.17) is 28.4 Å². The van der Waals surface area contributed by atoms with E-state index in [0.29, 0.717) is 18.9 Å². The second-order valence-electron chi connectivity index (χ2n) is 13.6. The summed E-state index contributed by atoms with van der Waals surface area (Å²) in [7, 11) is 0. The summed E-state index contributed by atoms with van der Waals surface area (Å²) >= 11 is 0. The van der Waals surface area contributed by atoms with Crippen molar-refractivity contribution in [3.8, 4) is 17.0 Å². The third-order valence-corrected chi connectivity index (χ3v) is 8.98. The zero-order valence-electron chi connectivity index (χ0n) is 27.1. The van der Waals surface area contributed by atoms with Crippen molar-refractivity contribution in [2.24, 2.45) is 0 Å². The Bertz CT molecular complexity index is 1490. The van der Waals surface area contributed by atoms with E-state index in [1.54, 1.807) is 4.68 Å². The summed E-state index contributed by atoms with van der Waals surface area (Å²) in [5, 5.41) is 22.9. The van der Waals surface area contributed by atoms with Gasteiger partial charge in [0.05, 0.1) is 19.3 Å². The van der Waals surface area contributed by atoms with Crippen LogP contribution in [0.2, 0.25) is 0 Å². The van der Waals surface area contributed by atoms with Crippen LogP contribution in [0.3, 0.4) is 0 Å². The van der Waals surface area contributed by atoms with Gasteiger partial charge in [0.1, 0.15) is 36.4 Å². The molecule has 1 unspecified atom stereocenters. The number of rotatable bonds is 10. The minimum atomic E-state index is -1.11. The number of aliphatic hydroxyl groups excluding tert-OH is 1. The molecule has 248 valence electrons. The summed E-state index contributed by atoms with van der Waals surface area (Å²) in [4.78, 5) is 2.45. The topological polar surface area (TPSA) is 122 Å². The van der Waals surface area contributed by atoms with Crippen LogP contribution in [0.25, 0.3) is 11.3 Å². The van der Waals surface area contributed by atoms with Gasteiger partial charge in [-0.1, -0.05) is 35.9 Å². The smallest absolute Gasteiger partial charge is 0.220 e. The van der Waals surface area contributed by atoms with Gasteiger partial charge in [-0.2, -0.15) is 0 Å². The maximum Gasteiger partial charge on any atom is 0.220 e. The Morgan fingerprint density at radius 2 is 1.80 bits per heavy atom. The van der Waals surface area contributed by atoms with E-state index in [-0.39, 0.29) is 18.8 Å². The van der Waals surface area contributed by atoms with E-state index >= 15 is 0 Å². The van der Waals surface area contributed by atoms with Crippen molar-refractivity contribution in [2.75, 3.05) is 38.2 Å². The molecule has 2 N–H and O–H groups in total. The molecule has 3 aromatic rings. The molecule has 4 saturated heterocycles. The van der Waals surface area contributed by atoms with Crippen molar-refractivity contribution >= 4 is 5.69 Å². The van der Waals surface area contributed by atoms with Crippen LogP contribution in [-0.4, -0.2) is 93.5 Å². The predicted octanol–water partition coefficient (Wildman–Crippen LogP) is 4.31. The van der Waals surface area contributed by atoms with Crippen molar-refractivity contribution in [1.29, 1.82) is 0 Å². The Morgan fingerprint density at radius 1 is 1.00 bits per heavy atom. The van der Waals surface area contributed by atoms with Crippen LogP contribution in [0.15, 0.2) is 54.7 Å². The fourth-order valence-corrected chi connectivity index (χ4v) is 6.93. The lowest BCUT2D eigenvalue weighted by Crippen LogP contribution is -2.60. The Labute approximate surface area is 269 Å². The van der Waals surface area contributed by atoms with Gasteiger partial charge in [-0.05, 0) is 77.9 Å². The third-order valence-electron chi connectivity index (χ3n) is 8.98. The molecular formula is C34H45N5O7. The molecule has 46 heavy (non-hydrogen) atoms. The van der Waals surface area contributed by atoms with E-state index in [1.165, 1.54) is 19.3 Å². The summed E-state index contributed by atoms with van der Waals surface area (Å²) in [5.74, 6) is -1.92. The van der Waals surface area contributed by atoms with E-state index in [9.17, 15) is 5.11 Å². The van der Waals surface area contributed by atoms with Crippen molar-refractivity contribution in [1.82, 2.24) is 19.9 Å². The molecule has 12 nitrogen and oxygen atoms in total. The Morgan fingerprint density at radius 3 is 2.61 bits per heavy atom. The Kier molecular flexibility index (Phi) is 8.55. The van der Waals surface area contributed by atoms with Gasteiger partial charge >= 0.3 is 0 Å². The van der Waals surface area contributed by atoms with Crippen molar-refractivity contribution in [3.05, 3.63) is 60.3 Å². The lowest BCUT2D eigenvalue weighted by atomic mass is 9.97. The van der Waals surface area contributed by atoms with Crippen LogP contribution in [0.1, 0.15) is 58.7 Å². The maximum absolute atomic E-state index is 10.9. The molecule has 7 rings (SSSR count). The number of anilines is 1. The molecule has 2 aromatic carbocycles. The molecule has 0 radical (unpaired) electrons. The van der Waals surface area contributed by atoms with Crippen LogP contribution in [0.5, 0.6) is 5.75 Å². The standard InChI is InChI=1S/C34H45N5O7/c1-32(2)43-28-21-42-34(30(29(28)44-32)45-33(3,4)46-34)22-39-20-27(36-37-39)24-9-8-10-25(19-24)35-31(40)23-11-13-26(14-12-23)41-18-17-38-15-6-5-7-16-38/h8-14,19-20,28-31,35,40H,5-7,15-18,21-22H2,1-4H3/t28-,29-,30+,31?,34+/m1/s1. The Hall–Kier alpha value is -3.10. The number of aliphatic hydroxyl groups is 1. The van der Waals surface area contributed by atoms with E-state index in [2.05, 4.69) is 20.5 Å². The zero-order valence-corrected chi connectivity index (χ0v) is 27.1. The predicted molar refractivity (Wildman–Crippen MR) is 169 cm³/mol. The van der Waals surface area contributed by atoms with Crippen molar-refractivity contribution in [2.45, 2.75) is 95.4 Å². The summed E-state index contributed by atoms with van der Waals surface area (Å²) in [6.45, 7) is 12.0. The highest BCUT2D eigenvalue weighted by Crippen LogP contribution is 2.48. The summed E-state index contributed by atoms with van der Waals surface area (Å²) < 4.78 is 38.9. The molecule has 4 fully saturated rings. The van der Waals surface area contributed by atoms with Gasteiger partial charge in [-0.15, -0.1) is 5.10 Å². The molecule has 1 aromatic heterocycles. The first-order chi connectivity index (χ1) is 22.1. The molecule has 0 bridgehead atoms. The first-order valence-electron chi connectivity index (χ1n) is 16.3. The van der Waals surface area contributed by atoms with Crippen LogP contribution in [0.4, 0.5) is 5.69 Å². The number of benzene rings is 2. The number of nitrogens with one attached hydrogen (secondary N) is 1. The first kappa shape index (κ1) is 31.5. The number of ether oxygens (including phenoxy) is 6. The normalized spacial score (nSPS) is 29.2. The molecule has 0 aliphatic carbocycles. The number of piperidine rings is 1. The van der Waals surface area contributed by atoms with Gasteiger partial charge in [-0.25, -0.2) is 4.68 Å². The minimum Gasteiger partial charge on any atom is -0.492 e. The SMILES string of the molecule is CC1(C)O[C@@H]2[C@@H](CO[C@@]3(Cn4cc(-c5cccc(NC(O)c6ccc(OCCN7CCCCC7)cc6)c5)nn4)OC(C)(C)O[C@@H]23)O1. The fourth-order valence-electron chi connectivity index (χ4n) is 6.93. The highest BCUT2D eigenvalue weighted by Gasteiger charge is 2.65. The summed E-state index contributed by atoms with van der Waals surface area (Å²) in [6.07, 6.45) is 3.74. The number of hydrogen-bond acceptors (Lipinski definition) is 11. The Balaban J connectivity index is 0.979. The van der Waals surface area contributed by atoms with Crippen LogP contribution in [-0.2, 0) is 30.2 Å². The van der Waals surface area contributed by atoms with Crippen LogP contribution in [0, 0.1) is 0 Å². The fraction of sp³-hybridized carbons (Fsp3) is 0.588. The average molecular weight is 636 g/mol. The van der Waals surface area contributed by atoms with Crippen molar-refractivity contribution in [3.63, 3.8) is 0 Å². The first-order valence-corrected chi connectivity index (χ1v) is 16.3. The van der Waals surface area contributed by atoms with Crippen molar-refractivity contribution < 1.29 is 33.5 Å². The van der Waals surface area contributed by atoms with Crippen LogP contribution < -0.4 is 10.1 Å².